The SMILES string of the molecule is Cc1ccc(CC(C)CN)cn1. The second-order valence-corrected chi connectivity index (χ2v) is 3.35. The molecule has 0 aliphatic rings. The molecule has 2 N–H and O–H groups in total. The van der Waals surface area contributed by atoms with E-state index in [0.29, 0.717) is 5.92 Å². The molecule has 1 aromatic heterocycles. The van der Waals surface area contributed by atoms with Crippen molar-refractivity contribution in [3.8, 4) is 0 Å². The van der Waals surface area contributed by atoms with E-state index in [1.54, 1.807) is 0 Å². The number of nitrogens with zero attached hydrogens (tertiary/aromatic N) is 1. The molecule has 0 saturated carbocycles. The third-order valence-electron chi connectivity index (χ3n) is 1.96. The van der Waals surface area contributed by atoms with E-state index in [9.17, 15) is 0 Å². The van der Waals surface area contributed by atoms with E-state index in [-0.39, 0.29) is 0 Å². The minimum absolute atomic E-state index is 0.550. The highest BCUT2D eigenvalue weighted by atomic mass is 14.7. The van der Waals surface area contributed by atoms with E-state index in [0.717, 1.165) is 18.7 Å². The Morgan fingerprint density at radius 1 is 1.50 bits per heavy atom. The van der Waals surface area contributed by atoms with Crippen LogP contribution in [0.1, 0.15) is 18.2 Å². The van der Waals surface area contributed by atoms with Gasteiger partial charge in [0.15, 0.2) is 0 Å². The highest BCUT2D eigenvalue weighted by molar-refractivity contribution is 5.13. The monoisotopic (exact) mass is 164 g/mol. The Labute approximate surface area is 73.8 Å². The molecule has 0 radical (unpaired) electrons. The molecule has 0 spiro atoms. The molecule has 66 valence electrons. The van der Waals surface area contributed by atoms with Crippen molar-refractivity contribution in [3.63, 3.8) is 0 Å². The van der Waals surface area contributed by atoms with Crippen LogP contribution in [0.5, 0.6) is 0 Å². The highest BCUT2D eigenvalue weighted by Crippen LogP contribution is 2.06. The molecule has 2 heteroatoms. The van der Waals surface area contributed by atoms with Crippen LogP contribution in [0.3, 0.4) is 0 Å². The first-order valence-corrected chi connectivity index (χ1v) is 4.34. The molecule has 0 aliphatic carbocycles. The number of hydrogen-bond donors (Lipinski definition) is 1. The van der Waals surface area contributed by atoms with Crippen LogP contribution >= 0.6 is 0 Å². The lowest BCUT2D eigenvalue weighted by atomic mass is 10.0. The van der Waals surface area contributed by atoms with E-state index in [2.05, 4.69) is 18.0 Å². The predicted octanol–water partition coefficient (Wildman–Crippen LogP) is 1.53. The van der Waals surface area contributed by atoms with Crippen LogP contribution < -0.4 is 5.73 Å². The third kappa shape index (κ3) is 2.62. The van der Waals surface area contributed by atoms with Gasteiger partial charge in [-0.15, -0.1) is 0 Å². The van der Waals surface area contributed by atoms with E-state index in [1.165, 1.54) is 5.56 Å². The third-order valence-corrected chi connectivity index (χ3v) is 1.96. The largest absolute Gasteiger partial charge is 0.330 e. The van der Waals surface area contributed by atoms with E-state index in [1.807, 2.05) is 19.2 Å². The van der Waals surface area contributed by atoms with Crippen LogP contribution in [0.4, 0.5) is 0 Å². The quantitative estimate of drug-likeness (QED) is 0.735. The lowest BCUT2D eigenvalue weighted by Gasteiger charge is -2.07. The van der Waals surface area contributed by atoms with Gasteiger partial charge in [0.05, 0.1) is 0 Å². The van der Waals surface area contributed by atoms with Crippen LogP contribution in [-0.4, -0.2) is 11.5 Å². The number of aryl methyl sites for hydroxylation is 1. The second kappa shape index (κ2) is 4.21. The summed E-state index contributed by atoms with van der Waals surface area (Å²) in [4.78, 5) is 4.23. The zero-order chi connectivity index (χ0) is 8.97. The predicted molar refractivity (Wildman–Crippen MR) is 50.9 cm³/mol. The molecular formula is C10H16N2. The maximum absolute atomic E-state index is 5.53. The number of aromatic nitrogens is 1. The van der Waals surface area contributed by atoms with Crippen molar-refractivity contribution in [1.29, 1.82) is 0 Å². The Hall–Kier alpha value is -0.890. The molecule has 1 heterocycles. The van der Waals surface area contributed by atoms with Gasteiger partial charge in [0.2, 0.25) is 0 Å². The molecule has 1 aromatic rings. The Morgan fingerprint density at radius 3 is 2.75 bits per heavy atom. The van der Waals surface area contributed by atoms with Gasteiger partial charge in [0.1, 0.15) is 0 Å². The van der Waals surface area contributed by atoms with Gasteiger partial charge in [-0.2, -0.15) is 0 Å². The summed E-state index contributed by atoms with van der Waals surface area (Å²) < 4.78 is 0. The van der Waals surface area contributed by atoms with Gasteiger partial charge in [0, 0.05) is 11.9 Å². The topological polar surface area (TPSA) is 38.9 Å². The number of hydrogen-bond acceptors (Lipinski definition) is 2. The van der Waals surface area contributed by atoms with Gasteiger partial charge in [-0.3, -0.25) is 4.98 Å². The summed E-state index contributed by atoms with van der Waals surface area (Å²) in [6.07, 6.45) is 2.96. The zero-order valence-electron chi connectivity index (χ0n) is 7.75. The first-order chi connectivity index (χ1) is 5.72. The number of pyridine rings is 1. The van der Waals surface area contributed by atoms with Crippen molar-refractivity contribution in [2.24, 2.45) is 11.7 Å². The van der Waals surface area contributed by atoms with Crippen molar-refractivity contribution in [3.05, 3.63) is 29.6 Å². The summed E-state index contributed by atoms with van der Waals surface area (Å²) in [5.41, 5.74) is 7.87. The van der Waals surface area contributed by atoms with Crippen LogP contribution in [-0.2, 0) is 6.42 Å². The van der Waals surface area contributed by atoms with Gasteiger partial charge >= 0.3 is 0 Å². The van der Waals surface area contributed by atoms with Crippen molar-refractivity contribution in [2.45, 2.75) is 20.3 Å². The standard InChI is InChI=1S/C10H16N2/c1-8(6-11)5-10-4-3-9(2)12-7-10/h3-4,7-8H,5-6,11H2,1-2H3. The summed E-state index contributed by atoms with van der Waals surface area (Å²) in [5.74, 6) is 0.550. The summed E-state index contributed by atoms with van der Waals surface area (Å²) in [5, 5.41) is 0. The van der Waals surface area contributed by atoms with E-state index in [4.69, 9.17) is 5.73 Å². The summed E-state index contributed by atoms with van der Waals surface area (Å²) in [6.45, 7) is 4.89. The van der Waals surface area contributed by atoms with E-state index < -0.39 is 0 Å². The van der Waals surface area contributed by atoms with Crippen molar-refractivity contribution in [2.75, 3.05) is 6.54 Å². The highest BCUT2D eigenvalue weighted by Gasteiger charge is 2.00. The molecule has 1 rings (SSSR count). The Bertz CT molecular complexity index is 228. The average molecular weight is 164 g/mol. The van der Waals surface area contributed by atoms with Gasteiger partial charge in [-0.25, -0.2) is 0 Å². The fourth-order valence-electron chi connectivity index (χ4n) is 1.10. The first kappa shape index (κ1) is 9.20. The minimum Gasteiger partial charge on any atom is -0.330 e. The maximum atomic E-state index is 5.53. The zero-order valence-corrected chi connectivity index (χ0v) is 7.75. The van der Waals surface area contributed by atoms with Crippen molar-refractivity contribution in [1.82, 2.24) is 4.98 Å². The number of rotatable bonds is 3. The molecule has 0 amide bonds. The van der Waals surface area contributed by atoms with Gasteiger partial charge in [-0.05, 0) is 37.4 Å². The molecule has 0 fully saturated rings. The Kier molecular flexibility index (Phi) is 3.23. The smallest absolute Gasteiger partial charge is 0.0372 e. The second-order valence-electron chi connectivity index (χ2n) is 3.35. The lowest BCUT2D eigenvalue weighted by molar-refractivity contribution is 0.592. The minimum atomic E-state index is 0.550. The van der Waals surface area contributed by atoms with Crippen LogP contribution in [0, 0.1) is 12.8 Å². The van der Waals surface area contributed by atoms with Crippen LogP contribution in [0.2, 0.25) is 0 Å². The Balaban J connectivity index is 2.58. The lowest BCUT2D eigenvalue weighted by Crippen LogP contribution is -2.13. The molecule has 0 saturated heterocycles. The van der Waals surface area contributed by atoms with Crippen molar-refractivity contribution < 1.29 is 0 Å². The summed E-state index contributed by atoms with van der Waals surface area (Å²) in [6, 6.07) is 4.16. The summed E-state index contributed by atoms with van der Waals surface area (Å²) >= 11 is 0. The van der Waals surface area contributed by atoms with E-state index >= 15 is 0 Å². The average Bonchev–Trinajstić information content (AvgIpc) is 2.09. The first-order valence-electron chi connectivity index (χ1n) is 4.34. The maximum Gasteiger partial charge on any atom is 0.0372 e. The molecule has 0 aromatic carbocycles. The van der Waals surface area contributed by atoms with Gasteiger partial charge in [-0.1, -0.05) is 13.0 Å². The normalized spacial score (nSPS) is 12.9. The van der Waals surface area contributed by atoms with Crippen LogP contribution in [0.15, 0.2) is 18.3 Å². The van der Waals surface area contributed by atoms with Gasteiger partial charge < -0.3 is 5.73 Å². The fraction of sp³-hybridized carbons (Fsp3) is 0.500. The molecule has 0 bridgehead atoms. The van der Waals surface area contributed by atoms with Gasteiger partial charge in [0.25, 0.3) is 0 Å². The number of nitrogens with two attached hydrogens (primary N) is 1. The molecule has 0 aliphatic heterocycles. The molecule has 12 heavy (non-hydrogen) atoms. The van der Waals surface area contributed by atoms with Crippen LogP contribution in [0.25, 0.3) is 0 Å². The molecular weight excluding hydrogens is 148 g/mol. The molecule has 1 unspecified atom stereocenters. The molecule has 1 atom stereocenters. The molecule has 2 nitrogen and oxygen atoms in total. The fourth-order valence-corrected chi connectivity index (χ4v) is 1.10. The van der Waals surface area contributed by atoms with Crippen molar-refractivity contribution >= 4 is 0 Å². The summed E-state index contributed by atoms with van der Waals surface area (Å²) in [7, 11) is 0. The Morgan fingerprint density at radius 2 is 2.25 bits per heavy atom.